The standard InChI is InChI=1S/C40H50O4/c1-37-19-13-31-29-11-7-27(41)23-25(29)5-9-33(31)35(37)15-21-39(37,43)17-3-4-18-40(44)22-16-36-34-10-6-26-24-28(42)8-12-30(26)32(34)14-20-38(36,40)2/h23-24,29-36,43-44H,5-16,19-22H2,1-2H3. The summed E-state index contributed by atoms with van der Waals surface area (Å²) in [5, 5.41) is 24.1. The van der Waals surface area contributed by atoms with Crippen molar-refractivity contribution in [3.63, 3.8) is 0 Å². The Morgan fingerprint density at radius 2 is 1.00 bits per heavy atom. The molecule has 0 aromatic rings. The number of ketones is 2. The number of allylic oxidation sites excluding steroid dienone is 2. The van der Waals surface area contributed by atoms with Crippen LogP contribution in [0.1, 0.15) is 117 Å². The van der Waals surface area contributed by atoms with Gasteiger partial charge in [0.05, 0.1) is 0 Å². The maximum atomic E-state index is 12.1. The van der Waals surface area contributed by atoms with Gasteiger partial charge in [0, 0.05) is 23.7 Å². The molecule has 44 heavy (non-hydrogen) atoms. The highest BCUT2D eigenvalue weighted by Crippen LogP contribution is 2.66. The van der Waals surface area contributed by atoms with Crippen molar-refractivity contribution < 1.29 is 19.8 Å². The summed E-state index contributed by atoms with van der Waals surface area (Å²) in [6.45, 7) is 4.56. The average Bonchev–Trinajstić information content (AvgIpc) is 3.44. The Labute approximate surface area is 263 Å². The minimum Gasteiger partial charge on any atom is -0.377 e. The van der Waals surface area contributed by atoms with Crippen molar-refractivity contribution in [3.05, 3.63) is 23.3 Å². The number of carbonyl (C=O) groups is 2. The molecular weight excluding hydrogens is 544 g/mol. The Kier molecular flexibility index (Phi) is 6.77. The van der Waals surface area contributed by atoms with E-state index in [9.17, 15) is 19.8 Å². The van der Waals surface area contributed by atoms with E-state index < -0.39 is 11.2 Å². The van der Waals surface area contributed by atoms with Gasteiger partial charge >= 0.3 is 0 Å². The summed E-state index contributed by atoms with van der Waals surface area (Å²) in [5.41, 5.74) is 0.276. The van der Waals surface area contributed by atoms with Crippen LogP contribution in [0.2, 0.25) is 0 Å². The van der Waals surface area contributed by atoms with Crippen molar-refractivity contribution in [1.82, 2.24) is 0 Å². The third-order valence-electron chi connectivity index (χ3n) is 15.5. The summed E-state index contributed by atoms with van der Waals surface area (Å²) < 4.78 is 0. The second kappa shape index (κ2) is 10.2. The Bertz CT molecular complexity index is 1350. The zero-order valence-electron chi connectivity index (χ0n) is 26.8. The van der Waals surface area contributed by atoms with Crippen LogP contribution in [0.4, 0.5) is 0 Å². The minimum absolute atomic E-state index is 0.230. The number of aliphatic hydroxyl groups is 2. The first-order valence-electron chi connectivity index (χ1n) is 18.0. The first-order chi connectivity index (χ1) is 21.1. The molecule has 0 aromatic carbocycles. The van der Waals surface area contributed by atoms with Gasteiger partial charge in [0.2, 0.25) is 0 Å². The highest BCUT2D eigenvalue weighted by Gasteiger charge is 2.63. The van der Waals surface area contributed by atoms with Crippen molar-refractivity contribution >= 4 is 11.6 Å². The molecule has 8 rings (SSSR count). The summed E-state index contributed by atoms with van der Waals surface area (Å²) in [4.78, 5) is 24.1. The van der Waals surface area contributed by atoms with Crippen molar-refractivity contribution in [2.75, 3.05) is 0 Å². The summed E-state index contributed by atoms with van der Waals surface area (Å²) in [7, 11) is 0. The largest absolute Gasteiger partial charge is 0.377 e. The fourth-order valence-electron chi connectivity index (χ4n) is 13.1. The lowest BCUT2D eigenvalue weighted by Crippen LogP contribution is -2.52. The lowest BCUT2D eigenvalue weighted by Gasteiger charge is -2.54. The van der Waals surface area contributed by atoms with Gasteiger partial charge in [-0.05, 0) is 161 Å². The average molecular weight is 595 g/mol. The quantitative estimate of drug-likeness (QED) is 0.305. The smallest absolute Gasteiger partial charge is 0.155 e. The second-order valence-corrected chi connectivity index (χ2v) is 16.8. The van der Waals surface area contributed by atoms with Crippen molar-refractivity contribution in [2.45, 2.75) is 128 Å². The minimum atomic E-state index is -1.03. The van der Waals surface area contributed by atoms with Gasteiger partial charge in [-0.2, -0.15) is 0 Å². The van der Waals surface area contributed by atoms with E-state index in [4.69, 9.17) is 0 Å². The van der Waals surface area contributed by atoms with Gasteiger partial charge in [-0.1, -0.05) is 36.8 Å². The number of hydrogen-bond donors (Lipinski definition) is 2. The van der Waals surface area contributed by atoms with Crippen molar-refractivity contribution in [2.24, 2.45) is 58.2 Å². The molecule has 0 amide bonds. The van der Waals surface area contributed by atoms with Crippen molar-refractivity contribution in [3.8, 4) is 23.7 Å². The Balaban J connectivity index is 0.987. The molecule has 0 saturated heterocycles. The Morgan fingerprint density at radius 1 is 0.568 bits per heavy atom. The molecule has 12 atom stereocenters. The third kappa shape index (κ3) is 4.12. The topological polar surface area (TPSA) is 74.6 Å². The van der Waals surface area contributed by atoms with Crippen LogP contribution in [0.15, 0.2) is 23.3 Å². The molecule has 6 saturated carbocycles. The van der Waals surface area contributed by atoms with Crippen molar-refractivity contribution in [1.29, 1.82) is 0 Å². The molecule has 12 unspecified atom stereocenters. The number of carbonyl (C=O) groups excluding carboxylic acids is 2. The van der Waals surface area contributed by atoms with Crippen LogP contribution in [0.25, 0.3) is 0 Å². The zero-order chi connectivity index (χ0) is 30.5. The van der Waals surface area contributed by atoms with E-state index in [1.165, 1.54) is 11.1 Å². The monoisotopic (exact) mass is 594 g/mol. The van der Waals surface area contributed by atoms with Crippen LogP contribution < -0.4 is 0 Å². The van der Waals surface area contributed by atoms with E-state index in [1.54, 1.807) is 0 Å². The third-order valence-corrected chi connectivity index (χ3v) is 15.5. The molecular formula is C40H50O4. The van der Waals surface area contributed by atoms with E-state index in [-0.39, 0.29) is 10.8 Å². The first-order valence-corrected chi connectivity index (χ1v) is 18.0. The number of rotatable bonds is 0. The number of hydrogen-bond acceptors (Lipinski definition) is 4. The summed E-state index contributed by atoms with van der Waals surface area (Å²) in [6, 6.07) is 0. The molecule has 4 nitrogen and oxygen atoms in total. The van der Waals surface area contributed by atoms with Gasteiger partial charge in [0.15, 0.2) is 11.6 Å². The van der Waals surface area contributed by atoms with Gasteiger partial charge in [0.1, 0.15) is 11.2 Å². The SMILES string of the molecule is CC12CCC3C4CCC(=O)C=C4CCC3C1CCC2(O)C#CC#CC1(O)CCC2C3CCC4=CC(=O)CCC4C3CCC21C. The first kappa shape index (κ1) is 29.3. The molecule has 8 aliphatic rings. The fraction of sp³-hybridized carbons (Fsp3) is 0.750. The van der Waals surface area contributed by atoms with E-state index in [2.05, 4.69) is 37.5 Å². The molecule has 0 aliphatic heterocycles. The normalized spacial score (nSPS) is 50.5. The second-order valence-electron chi connectivity index (χ2n) is 16.8. The fourth-order valence-corrected chi connectivity index (χ4v) is 13.1. The number of fused-ring (bicyclic) bond motifs is 10. The van der Waals surface area contributed by atoms with Gasteiger partial charge in [-0.25, -0.2) is 0 Å². The van der Waals surface area contributed by atoms with E-state index in [0.29, 0.717) is 84.6 Å². The highest BCUT2D eigenvalue weighted by atomic mass is 16.3. The molecule has 0 heterocycles. The van der Waals surface area contributed by atoms with Gasteiger partial charge in [-0.15, -0.1) is 0 Å². The molecule has 0 spiro atoms. The molecule has 8 aliphatic carbocycles. The molecule has 2 N–H and O–H groups in total. The van der Waals surface area contributed by atoms with Crippen LogP contribution in [-0.4, -0.2) is 33.0 Å². The predicted octanol–water partition coefficient (Wildman–Crippen LogP) is 6.74. The summed E-state index contributed by atoms with van der Waals surface area (Å²) in [6.07, 6.45) is 19.3. The lowest BCUT2D eigenvalue weighted by molar-refractivity contribution is -0.117. The molecule has 0 bridgehead atoms. The molecule has 4 heteroatoms. The maximum absolute atomic E-state index is 12.1. The highest BCUT2D eigenvalue weighted by molar-refractivity contribution is 5.91. The van der Waals surface area contributed by atoms with Crippen LogP contribution >= 0.6 is 0 Å². The van der Waals surface area contributed by atoms with Gasteiger partial charge in [-0.3, -0.25) is 9.59 Å². The van der Waals surface area contributed by atoms with Crippen LogP contribution in [0.5, 0.6) is 0 Å². The lowest BCUT2D eigenvalue weighted by atomic mass is 9.50. The Hall–Kier alpha value is -2.14. The van der Waals surface area contributed by atoms with Crippen LogP contribution in [-0.2, 0) is 9.59 Å². The summed E-state index contributed by atoms with van der Waals surface area (Å²) in [5.74, 6) is 18.0. The molecule has 0 radical (unpaired) electrons. The molecule has 234 valence electrons. The van der Waals surface area contributed by atoms with Gasteiger partial charge < -0.3 is 10.2 Å². The maximum Gasteiger partial charge on any atom is 0.155 e. The molecule has 6 fully saturated rings. The van der Waals surface area contributed by atoms with Crippen LogP contribution in [0, 0.1) is 81.9 Å². The van der Waals surface area contributed by atoms with E-state index in [0.717, 1.165) is 77.0 Å². The Morgan fingerprint density at radius 3 is 1.43 bits per heavy atom. The predicted molar refractivity (Wildman–Crippen MR) is 170 cm³/mol. The van der Waals surface area contributed by atoms with Gasteiger partial charge in [0.25, 0.3) is 0 Å². The van der Waals surface area contributed by atoms with Crippen LogP contribution in [0.3, 0.4) is 0 Å². The molecule has 0 aromatic heterocycles. The summed E-state index contributed by atoms with van der Waals surface area (Å²) >= 11 is 0. The zero-order valence-corrected chi connectivity index (χ0v) is 26.8. The van der Waals surface area contributed by atoms with E-state index in [1.807, 2.05) is 12.2 Å². The van der Waals surface area contributed by atoms with E-state index >= 15 is 0 Å².